The summed E-state index contributed by atoms with van der Waals surface area (Å²) in [5.74, 6) is 0.782. The summed E-state index contributed by atoms with van der Waals surface area (Å²) in [4.78, 5) is 18.7. The lowest BCUT2D eigenvalue weighted by Crippen LogP contribution is -2.39. The highest BCUT2D eigenvalue weighted by Crippen LogP contribution is 2.26. The summed E-state index contributed by atoms with van der Waals surface area (Å²) >= 11 is 1.52. The van der Waals surface area contributed by atoms with E-state index in [2.05, 4.69) is 15.0 Å². The predicted molar refractivity (Wildman–Crippen MR) is 75.8 cm³/mol. The first kappa shape index (κ1) is 14.2. The first-order valence-corrected chi connectivity index (χ1v) is 7.50. The Morgan fingerprint density at radius 2 is 2.48 bits per heavy atom. The van der Waals surface area contributed by atoms with Crippen LogP contribution in [0.4, 0.5) is 0 Å². The maximum atomic E-state index is 11.2. The van der Waals surface area contributed by atoms with Gasteiger partial charge in [-0.1, -0.05) is 5.16 Å². The van der Waals surface area contributed by atoms with Gasteiger partial charge in [-0.2, -0.15) is 4.98 Å². The van der Waals surface area contributed by atoms with Crippen LogP contribution in [-0.4, -0.2) is 40.7 Å². The van der Waals surface area contributed by atoms with Crippen LogP contribution in [0.1, 0.15) is 33.0 Å². The van der Waals surface area contributed by atoms with Crippen LogP contribution in [0.15, 0.2) is 16.0 Å². The number of aromatic nitrogens is 2. The Kier molecular flexibility index (Phi) is 4.00. The van der Waals surface area contributed by atoms with Gasteiger partial charge in [0, 0.05) is 23.3 Å². The number of nitrogens with zero attached hydrogens (tertiary/aromatic N) is 3. The number of nitrogens with two attached hydrogens (primary N) is 1. The third-order valence-corrected chi connectivity index (χ3v) is 4.29. The molecule has 112 valence electrons. The fourth-order valence-electron chi connectivity index (χ4n) is 2.30. The molecular formula is C13H16N4O3S. The summed E-state index contributed by atoms with van der Waals surface area (Å²) in [6.45, 7) is 4.45. The van der Waals surface area contributed by atoms with Crippen LogP contribution in [0.5, 0.6) is 0 Å². The molecule has 0 aromatic carbocycles. The number of rotatable bonds is 4. The average molecular weight is 308 g/mol. The highest BCUT2D eigenvalue weighted by molar-refractivity contribution is 7.10. The number of hydrogen-bond acceptors (Lipinski definition) is 7. The van der Waals surface area contributed by atoms with Crippen molar-refractivity contribution in [3.63, 3.8) is 0 Å². The Hall–Kier alpha value is -1.77. The SMILES string of the molecule is Cc1noc([C@@H]2COCCN2Cc2cc(C(N)=O)cs2)n1. The number of amides is 1. The Bertz CT molecular complexity index is 639. The van der Waals surface area contributed by atoms with Crippen molar-refractivity contribution in [3.8, 4) is 0 Å². The summed E-state index contributed by atoms with van der Waals surface area (Å²) in [6.07, 6.45) is 0. The van der Waals surface area contributed by atoms with Crippen molar-refractivity contribution in [3.05, 3.63) is 33.6 Å². The molecule has 7 nitrogen and oxygen atoms in total. The third-order valence-electron chi connectivity index (χ3n) is 3.36. The number of thiophene rings is 1. The zero-order valence-electron chi connectivity index (χ0n) is 11.6. The van der Waals surface area contributed by atoms with Crippen molar-refractivity contribution in [2.45, 2.75) is 19.5 Å². The molecule has 2 aromatic rings. The van der Waals surface area contributed by atoms with E-state index in [-0.39, 0.29) is 6.04 Å². The monoisotopic (exact) mass is 308 g/mol. The molecule has 3 rings (SSSR count). The molecule has 0 saturated carbocycles. The molecule has 1 saturated heterocycles. The molecule has 8 heteroatoms. The van der Waals surface area contributed by atoms with Crippen LogP contribution in [0.2, 0.25) is 0 Å². The molecule has 1 atom stereocenters. The maximum absolute atomic E-state index is 11.2. The molecule has 1 fully saturated rings. The molecule has 0 spiro atoms. The van der Waals surface area contributed by atoms with Crippen LogP contribution >= 0.6 is 11.3 Å². The first-order chi connectivity index (χ1) is 10.1. The summed E-state index contributed by atoms with van der Waals surface area (Å²) in [7, 11) is 0. The van der Waals surface area contributed by atoms with Gasteiger partial charge in [-0.05, 0) is 13.0 Å². The van der Waals surface area contributed by atoms with Crippen LogP contribution in [0, 0.1) is 6.92 Å². The Labute approximate surface area is 125 Å². The van der Waals surface area contributed by atoms with Crippen LogP contribution < -0.4 is 5.73 Å². The van der Waals surface area contributed by atoms with Crippen molar-refractivity contribution >= 4 is 17.2 Å². The van der Waals surface area contributed by atoms with Crippen LogP contribution in [0.3, 0.4) is 0 Å². The van der Waals surface area contributed by atoms with Crippen molar-refractivity contribution in [2.24, 2.45) is 5.73 Å². The zero-order valence-corrected chi connectivity index (χ0v) is 12.4. The van der Waals surface area contributed by atoms with Crippen LogP contribution in [-0.2, 0) is 11.3 Å². The number of hydrogen-bond donors (Lipinski definition) is 1. The van der Waals surface area contributed by atoms with E-state index in [0.717, 1.165) is 11.4 Å². The molecular weight excluding hydrogens is 292 g/mol. The second-order valence-electron chi connectivity index (χ2n) is 4.91. The molecule has 0 unspecified atom stereocenters. The van der Waals surface area contributed by atoms with Gasteiger partial charge in [-0.3, -0.25) is 9.69 Å². The Balaban J connectivity index is 1.76. The van der Waals surface area contributed by atoms with Crippen molar-refractivity contribution in [2.75, 3.05) is 19.8 Å². The summed E-state index contributed by atoms with van der Waals surface area (Å²) in [5.41, 5.74) is 5.83. The molecule has 3 heterocycles. The maximum Gasteiger partial charge on any atom is 0.249 e. The fourth-order valence-corrected chi connectivity index (χ4v) is 3.19. The van der Waals surface area contributed by atoms with Crippen LogP contribution in [0.25, 0.3) is 0 Å². The molecule has 1 aliphatic rings. The van der Waals surface area contributed by atoms with E-state index in [1.807, 2.05) is 6.07 Å². The number of carbonyl (C=O) groups is 1. The molecule has 0 bridgehead atoms. The standard InChI is InChI=1S/C13H16N4O3S/c1-8-15-13(20-16-8)11-6-19-3-2-17(11)5-10-4-9(7-21-10)12(14)18/h4,7,11H,2-3,5-6H2,1H3,(H2,14,18)/t11-/m0/s1. The number of carbonyl (C=O) groups excluding carboxylic acids is 1. The highest BCUT2D eigenvalue weighted by Gasteiger charge is 2.29. The summed E-state index contributed by atoms with van der Waals surface area (Å²) < 4.78 is 10.8. The minimum absolute atomic E-state index is 0.0564. The Morgan fingerprint density at radius 3 is 3.14 bits per heavy atom. The van der Waals surface area contributed by atoms with Gasteiger partial charge in [0.1, 0.15) is 6.04 Å². The van der Waals surface area contributed by atoms with Gasteiger partial charge in [0.05, 0.1) is 18.8 Å². The fraction of sp³-hybridized carbons (Fsp3) is 0.462. The summed E-state index contributed by atoms with van der Waals surface area (Å²) in [6, 6.07) is 1.78. The average Bonchev–Trinajstić information content (AvgIpc) is 3.09. The normalized spacial score (nSPS) is 19.8. The Morgan fingerprint density at radius 1 is 1.62 bits per heavy atom. The van der Waals surface area contributed by atoms with Gasteiger partial charge in [0.25, 0.3) is 0 Å². The second-order valence-corrected chi connectivity index (χ2v) is 5.90. The number of morpholine rings is 1. The van der Waals surface area contributed by atoms with Gasteiger partial charge in [0.15, 0.2) is 5.82 Å². The van der Waals surface area contributed by atoms with E-state index in [4.69, 9.17) is 15.0 Å². The second kappa shape index (κ2) is 5.92. The van der Waals surface area contributed by atoms with Gasteiger partial charge >= 0.3 is 0 Å². The number of aryl methyl sites for hydroxylation is 1. The van der Waals surface area contributed by atoms with E-state index in [1.54, 1.807) is 12.3 Å². The minimum atomic E-state index is -0.399. The van der Waals surface area contributed by atoms with Crippen molar-refractivity contribution in [1.82, 2.24) is 15.0 Å². The molecule has 2 N–H and O–H groups in total. The lowest BCUT2D eigenvalue weighted by atomic mass is 10.2. The van der Waals surface area contributed by atoms with Gasteiger partial charge < -0.3 is 15.0 Å². The zero-order chi connectivity index (χ0) is 14.8. The number of primary amides is 1. The van der Waals surface area contributed by atoms with E-state index >= 15 is 0 Å². The third kappa shape index (κ3) is 3.12. The quantitative estimate of drug-likeness (QED) is 0.909. The molecule has 1 aliphatic heterocycles. The lowest BCUT2D eigenvalue weighted by molar-refractivity contribution is -0.0236. The largest absolute Gasteiger partial charge is 0.378 e. The number of ether oxygens (including phenoxy) is 1. The predicted octanol–water partition coefficient (Wildman–Crippen LogP) is 1.11. The molecule has 1 amide bonds. The topological polar surface area (TPSA) is 94.5 Å². The van der Waals surface area contributed by atoms with E-state index < -0.39 is 5.91 Å². The first-order valence-electron chi connectivity index (χ1n) is 6.62. The summed E-state index contributed by atoms with van der Waals surface area (Å²) in [5, 5.41) is 5.62. The van der Waals surface area contributed by atoms with E-state index in [1.165, 1.54) is 11.3 Å². The van der Waals surface area contributed by atoms with E-state index in [0.29, 0.717) is 37.0 Å². The minimum Gasteiger partial charge on any atom is -0.378 e. The van der Waals surface area contributed by atoms with E-state index in [9.17, 15) is 4.79 Å². The highest BCUT2D eigenvalue weighted by atomic mass is 32.1. The van der Waals surface area contributed by atoms with Gasteiger partial charge in [0.2, 0.25) is 11.8 Å². The lowest BCUT2D eigenvalue weighted by Gasteiger charge is -2.32. The molecule has 21 heavy (non-hydrogen) atoms. The van der Waals surface area contributed by atoms with Gasteiger partial charge in [-0.15, -0.1) is 11.3 Å². The van der Waals surface area contributed by atoms with Crippen molar-refractivity contribution < 1.29 is 14.1 Å². The van der Waals surface area contributed by atoms with Gasteiger partial charge in [-0.25, -0.2) is 0 Å². The molecule has 2 aromatic heterocycles. The molecule has 0 radical (unpaired) electrons. The smallest absolute Gasteiger partial charge is 0.249 e. The van der Waals surface area contributed by atoms with Crippen molar-refractivity contribution in [1.29, 1.82) is 0 Å². The molecule has 0 aliphatic carbocycles.